The van der Waals surface area contributed by atoms with Crippen LogP contribution in [-0.2, 0) is 4.74 Å². The summed E-state index contributed by atoms with van der Waals surface area (Å²) in [6.45, 7) is 2.01. The third kappa shape index (κ3) is 3.17. The molecule has 0 radical (unpaired) electrons. The molecule has 0 aliphatic heterocycles. The van der Waals surface area contributed by atoms with E-state index in [1.165, 1.54) is 7.11 Å². The fourth-order valence-corrected chi connectivity index (χ4v) is 2.79. The monoisotopic (exact) mass is 292 g/mol. The molecule has 1 heterocycles. The molecule has 20 heavy (non-hydrogen) atoms. The molecular formula is C15H16O4S. The van der Waals surface area contributed by atoms with Crippen LogP contribution in [0.4, 0.5) is 0 Å². The highest BCUT2D eigenvalue weighted by Gasteiger charge is 2.17. The zero-order valence-electron chi connectivity index (χ0n) is 11.6. The molecule has 0 fully saturated rings. The Hall–Kier alpha value is -1.88. The van der Waals surface area contributed by atoms with Crippen LogP contribution in [0.1, 0.15) is 28.5 Å². The Bertz CT molecular complexity index is 591. The lowest BCUT2D eigenvalue weighted by Crippen LogP contribution is -1.98. The van der Waals surface area contributed by atoms with Gasteiger partial charge in [-0.1, -0.05) is 12.1 Å². The van der Waals surface area contributed by atoms with Gasteiger partial charge in [-0.05, 0) is 31.2 Å². The first kappa shape index (κ1) is 14.5. The van der Waals surface area contributed by atoms with Crippen molar-refractivity contribution in [2.24, 2.45) is 0 Å². The van der Waals surface area contributed by atoms with E-state index < -0.39 is 5.97 Å². The fourth-order valence-electron chi connectivity index (χ4n) is 1.75. The van der Waals surface area contributed by atoms with Crippen LogP contribution in [-0.4, -0.2) is 20.2 Å². The van der Waals surface area contributed by atoms with Gasteiger partial charge in [0.1, 0.15) is 11.5 Å². The van der Waals surface area contributed by atoms with Crippen molar-refractivity contribution < 1.29 is 18.7 Å². The lowest BCUT2D eigenvalue weighted by Gasteiger charge is -2.11. The Morgan fingerprint density at radius 3 is 2.65 bits per heavy atom. The molecular weight excluding hydrogens is 276 g/mol. The van der Waals surface area contributed by atoms with Gasteiger partial charge in [-0.3, -0.25) is 0 Å². The molecule has 106 valence electrons. The van der Waals surface area contributed by atoms with Gasteiger partial charge in [0.2, 0.25) is 5.76 Å². The maximum Gasteiger partial charge on any atom is 0.373 e. The van der Waals surface area contributed by atoms with Crippen LogP contribution in [0.2, 0.25) is 0 Å². The number of thioether (sulfide) groups is 1. The Labute approximate surface area is 122 Å². The van der Waals surface area contributed by atoms with Gasteiger partial charge in [0, 0.05) is 0 Å². The molecule has 4 nitrogen and oxygen atoms in total. The zero-order chi connectivity index (χ0) is 14.5. The summed E-state index contributed by atoms with van der Waals surface area (Å²) in [7, 11) is 2.98. The molecule has 2 aromatic rings. The van der Waals surface area contributed by atoms with Crippen molar-refractivity contribution in [1.82, 2.24) is 0 Å². The molecule has 0 spiro atoms. The Balaban J connectivity index is 2.13. The molecule has 1 atom stereocenters. The Morgan fingerprint density at radius 1 is 1.20 bits per heavy atom. The van der Waals surface area contributed by atoms with E-state index in [1.54, 1.807) is 31.0 Å². The summed E-state index contributed by atoms with van der Waals surface area (Å²) in [6, 6.07) is 11.2. The first-order valence-corrected chi connectivity index (χ1v) is 7.01. The van der Waals surface area contributed by atoms with Crippen LogP contribution in [0.25, 0.3) is 0 Å². The second kappa shape index (κ2) is 6.52. The van der Waals surface area contributed by atoms with Gasteiger partial charge in [0.15, 0.2) is 0 Å². The van der Waals surface area contributed by atoms with Crippen LogP contribution < -0.4 is 4.74 Å². The minimum atomic E-state index is -0.467. The molecule has 5 heteroatoms. The van der Waals surface area contributed by atoms with Crippen molar-refractivity contribution in [3.05, 3.63) is 47.9 Å². The minimum absolute atomic E-state index is 0.0599. The van der Waals surface area contributed by atoms with Gasteiger partial charge < -0.3 is 13.9 Å². The third-order valence-electron chi connectivity index (χ3n) is 2.79. The smallest absolute Gasteiger partial charge is 0.373 e. The van der Waals surface area contributed by atoms with E-state index in [1.807, 2.05) is 31.2 Å². The van der Waals surface area contributed by atoms with Gasteiger partial charge in [0.25, 0.3) is 0 Å². The van der Waals surface area contributed by atoms with E-state index >= 15 is 0 Å². The number of rotatable bonds is 5. The minimum Gasteiger partial charge on any atom is -0.496 e. The van der Waals surface area contributed by atoms with E-state index in [0.29, 0.717) is 0 Å². The summed E-state index contributed by atoms with van der Waals surface area (Å²) < 4.78 is 15.4. The van der Waals surface area contributed by atoms with Crippen molar-refractivity contribution >= 4 is 17.7 Å². The number of para-hydroxylation sites is 1. The molecule has 0 amide bonds. The molecule has 1 aromatic carbocycles. The number of hydrogen-bond acceptors (Lipinski definition) is 5. The first-order chi connectivity index (χ1) is 9.65. The van der Waals surface area contributed by atoms with Gasteiger partial charge in [-0.15, -0.1) is 11.8 Å². The number of furan rings is 1. The maximum atomic E-state index is 11.4. The van der Waals surface area contributed by atoms with Crippen LogP contribution in [0, 0.1) is 0 Å². The normalized spacial score (nSPS) is 11.9. The zero-order valence-corrected chi connectivity index (χ0v) is 12.4. The van der Waals surface area contributed by atoms with Gasteiger partial charge in [0.05, 0.1) is 24.4 Å². The number of carbonyl (C=O) groups excluding carboxylic acids is 1. The summed E-state index contributed by atoms with van der Waals surface area (Å²) in [4.78, 5) is 12.4. The number of hydrogen-bond donors (Lipinski definition) is 0. The summed E-state index contributed by atoms with van der Waals surface area (Å²) in [6.07, 6.45) is 0. The highest BCUT2D eigenvalue weighted by Crippen LogP contribution is 2.39. The van der Waals surface area contributed by atoms with Gasteiger partial charge >= 0.3 is 5.97 Å². The molecule has 1 aromatic heterocycles. The Morgan fingerprint density at radius 2 is 1.95 bits per heavy atom. The standard InChI is InChI=1S/C15H16O4S/c1-10(11-8-9-13(19-11)15(16)18-3)20-14-7-5-4-6-12(14)17-2/h4-10H,1-3H3. The van der Waals surface area contributed by atoms with Crippen molar-refractivity contribution in [1.29, 1.82) is 0 Å². The average Bonchev–Trinajstić information content (AvgIpc) is 2.97. The van der Waals surface area contributed by atoms with Crippen molar-refractivity contribution in [3.8, 4) is 5.75 Å². The number of esters is 1. The van der Waals surface area contributed by atoms with Crippen molar-refractivity contribution in [2.45, 2.75) is 17.1 Å². The fraction of sp³-hybridized carbons (Fsp3) is 0.267. The van der Waals surface area contributed by atoms with Gasteiger partial charge in [-0.25, -0.2) is 4.79 Å². The summed E-state index contributed by atoms with van der Waals surface area (Å²) >= 11 is 1.61. The molecule has 0 bridgehead atoms. The summed E-state index contributed by atoms with van der Waals surface area (Å²) in [5, 5.41) is 0.0599. The van der Waals surface area contributed by atoms with Crippen molar-refractivity contribution in [3.63, 3.8) is 0 Å². The Kier molecular flexibility index (Phi) is 4.74. The molecule has 0 saturated heterocycles. The third-order valence-corrected chi connectivity index (χ3v) is 3.96. The van der Waals surface area contributed by atoms with E-state index in [4.69, 9.17) is 9.15 Å². The second-order valence-corrected chi connectivity index (χ2v) is 5.49. The molecule has 0 aliphatic rings. The first-order valence-electron chi connectivity index (χ1n) is 6.13. The highest BCUT2D eigenvalue weighted by atomic mass is 32.2. The molecule has 0 N–H and O–H groups in total. The lowest BCUT2D eigenvalue weighted by atomic mass is 10.3. The maximum absolute atomic E-state index is 11.4. The molecule has 2 rings (SSSR count). The van der Waals surface area contributed by atoms with E-state index in [2.05, 4.69) is 4.74 Å². The number of benzene rings is 1. The predicted octanol–water partition coefficient (Wildman–Crippen LogP) is 3.93. The van der Waals surface area contributed by atoms with Crippen LogP contribution in [0.15, 0.2) is 45.7 Å². The summed E-state index contributed by atoms with van der Waals surface area (Å²) in [5.74, 6) is 1.30. The lowest BCUT2D eigenvalue weighted by molar-refractivity contribution is 0.0563. The van der Waals surface area contributed by atoms with Crippen molar-refractivity contribution in [2.75, 3.05) is 14.2 Å². The number of ether oxygens (including phenoxy) is 2. The van der Waals surface area contributed by atoms with Crippen LogP contribution in [0.3, 0.4) is 0 Å². The topological polar surface area (TPSA) is 48.7 Å². The molecule has 0 aliphatic carbocycles. The van der Waals surface area contributed by atoms with E-state index in [-0.39, 0.29) is 11.0 Å². The average molecular weight is 292 g/mol. The van der Waals surface area contributed by atoms with Gasteiger partial charge in [-0.2, -0.15) is 0 Å². The predicted molar refractivity (Wildman–Crippen MR) is 77.3 cm³/mol. The second-order valence-electron chi connectivity index (χ2n) is 4.10. The summed E-state index contributed by atoms with van der Waals surface area (Å²) in [5.41, 5.74) is 0. The number of carbonyl (C=O) groups is 1. The highest BCUT2D eigenvalue weighted by molar-refractivity contribution is 7.99. The molecule has 1 unspecified atom stereocenters. The van der Waals surface area contributed by atoms with Crippen LogP contribution >= 0.6 is 11.8 Å². The van der Waals surface area contributed by atoms with E-state index in [0.717, 1.165) is 16.4 Å². The quantitative estimate of drug-likeness (QED) is 0.617. The van der Waals surface area contributed by atoms with E-state index in [9.17, 15) is 4.79 Å². The van der Waals surface area contributed by atoms with Crippen LogP contribution in [0.5, 0.6) is 5.75 Å². The largest absolute Gasteiger partial charge is 0.496 e. The SMILES string of the molecule is COC(=O)c1ccc(C(C)Sc2ccccc2OC)o1. The number of methoxy groups -OCH3 is 2. The molecule has 0 saturated carbocycles.